The molecular formula is C21H20N4O3S. The summed E-state index contributed by atoms with van der Waals surface area (Å²) in [6.45, 7) is 3.96. The Kier molecular flexibility index (Phi) is 5.10. The zero-order chi connectivity index (χ0) is 20.5. The number of thiazole rings is 1. The first-order valence-corrected chi connectivity index (χ1v) is 10.2. The molecule has 0 spiro atoms. The van der Waals surface area contributed by atoms with Gasteiger partial charge in [0.15, 0.2) is 5.13 Å². The molecule has 3 aromatic rings. The van der Waals surface area contributed by atoms with Gasteiger partial charge in [0.1, 0.15) is 6.54 Å². The Morgan fingerprint density at radius 1 is 1.17 bits per heavy atom. The van der Waals surface area contributed by atoms with Gasteiger partial charge in [0.25, 0.3) is 0 Å². The largest absolute Gasteiger partial charge is 0.280 e. The predicted molar refractivity (Wildman–Crippen MR) is 110 cm³/mol. The van der Waals surface area contributed by atoms with Crippen LogP contribution in [0.25, 0.3) is 10.2 Å². The molecule has 1 aromatic carbocycles. The Labute approximate surface area is 172 Å². The van der Waals surface area contributed by atoms with Crippen molar-refractivity contribution in [2.75, 3.05) is 11.4 Å². The van der Waals surface area contributed by atoms with Gasteiger partial charge in [-0.05, 0) is 43.2 Å². The van der Waals surface area contributed by atoms with Crippen molar-refractivity contribution in [2.45, 2.75) is 33.2 Å². The second kappa shape index (κ2) is 7.71. The van der Waals surface area contributed by atoms with Gasteiger partial charge in [-0.2, -0.15) is 0 Å². The number of benzene rings is 1. The second-order valence-electron chi connectivity index (χ2n) is 7.10. The summed E-state index contributed by atoms with van der Waals surface area (Å²) in [6.07, 6.45) is 1.98. The summed E-state index contributed by atoms with van der Waals surface area (Å²) in [6, 6.07) is 9.55. The molecule has 4 rings (SSSR count). The molecule has 0 bridgehead atoms. The normalized spacial score (nSPS) is 14.1. The Bertz CT molecular complexity index is 1090. The highest BCUT2D eigenvalue weighted by atomic mass is 32.1. The van der Waals surface area contributed by atoms with E-state index in [9.17, 15) is 14.4 Å². The first-order valence-electron chi connectivity index (χ1n) is 9.33. The lowest BCUT2D eigenvalue weighted by Crippen LogP contribution is -2.42. The molecule has 7 nitrogen and oxygen atoms in total. The monoisotopic (exact) mass is 408 g/mol. The van der Waals surface area contributed by atoms with E-state index in [1.165, 1.54) is 16.2 Å². The highest BCUT2D eigenvalue weighted by Crippen LogP contribution is 2.33. The number of nitrogens with zero attached hydrogens (tertiary/aromatic N) is 4. The van der Waals surface area contributed by atoms with Crippen molar-refractivity contribution < 1.29 is 14.4 Å². The van der Waals surface area contributed by atoms with E-state index < -0.39 is 0 Å². The number of aryl methyl sites for hydroxylation is 2. The van der Waals surface area contributed by atoms with Crippen molar-refractivity contribution in [3.63, 3.8) is 0 Å². The summed E-state index contributed by atoms with van der Waals surface area (Å²) in [5, 5.41) is 0.531. The predicted octanol–water partition coefficient (Wildman–Crippen LogP) is 2.99. The average Bonchev–Trinajstić information content (AvgIpc) is 3.25. The smallest absolute Gasteiger partial charge is 0.249 e. The van der Waals surface area contributed by atoms with Gasteiger partial charge >= 0.3 is 0 Å². The van der Waals surface area contributed by atoms with Crippen molar-refractivity contribution in [1.82, 2.24) is 14.9 Å². The van der Waals surface area contributed by atoms with Crippen molar-refractivity contribution in [3.8, 4) is 0 Å². The molecule has 8 heteroatoms. The van der Waals surface area contributed by atoms with Crippen molar-refractivity contribution in [1.29, 1.82) is 0 Å². The number of imide groups is 1. The molecule has 0 N–H and O–H groups in total. The molecule has 0 aliphatic carbocycles. The molecule has 1 aliphatic heterocycles. The van der Waals surface area contributed by atoms with Crippen LogP contribution in [0.2, 0.25) is 0 Å². The van der Waals surface area contributed by atoms with Gasteiger partial charge in [0.05, 0.1) is 22.5 Å². The maximum atomic E-state index is 13.1. The second-order valence-corrected chi connectivity index (χ2v) is 8.08. The van der Waals surface area contributed by atoms with E-state index >= 15 is 0 Å². The molecule has 0 atom stereocenters. The first kappa shape index (κ1) is 19.2. The first-order chi connectivity index (χ1) is 13.9. The van der Waals surface area contributed by atoms with Gasteiger partial charge < -0.3 is 0 Å². The van der Waals surface area contributed by atoms with Crippen LogP contribution >= 0.6 is 11.3 Å². The Morgan fingerprint density at radius 2 is 1.93 bits per heavy atom. The maximum Gasteiger partial charge on any atom is 0.249 e. The molecule has 0 radical (unpaired) electrons. The molecule has 29 heavy (non-hydrogen) atoms. The Hall–Kier alpha value is -3.13. The number of rotatable bonds is 5. The molecule has 1 aliphatic rings. The van der Waals surface area contributed by atoms with Crippen molar-refractivity contribution >= 4 is 44.4 Å². The molecule has 0 saturated carbocycles. The zero-order valence-corrected chi connectivity index (χ0v) is 17.0. The van der Waals surface area contributed by atoms with Crippen LogP contribution in [-0.4, -0.2) is 39.1 Å². The Morgan fingerprint density at radius 3 is 2.62 bits per heavy atom. The lowest BCUT2D eigenvalue weighted by Gasteiger charge is -2.22. The topological polar surface area (TPSA) is 83.5 Å². The SMILES string of the molecule is Cc1cc(C)c2sc(N(Cc3ccccn3)C(=O)CN3C(=O)CCC3=O)nc2c1. The van der Waals surface area contributed by atoms with E-state index in [2.05, 4.69) is 16.0 Å². The van der Waals surface area contributed by atoms with Crippen LogP contribution in [0.3, 0.4) is 0 Å². The van der Waals surface area contributed by atoms with Gasteiger partial charge in [0.2, 0.25) is 17.7 Å². The summed E-state index contributed by atoms with van der Waals surface area (Å²) >= 11 is 1.43. The number of amides is 3. The molecule has 3 heterocycles. The zero-order valence-electron chi connectivity index (χ0n) is 16.2. The van der Waals surface area contributed by atoms with Crippen LogP contribution in [0.1, 0.15) is 29.7 Å². The summed E-state index contributed by atoms with van der Waals surface area (Å²) in [5.74, 6) is -0.971. The van der Waals surface area contributed by atoms with E-state index in [1.807, 2.05) is 32.0 Å². The number of hydrogen-bond acceptors (Lipinski definition) is 6. The third-order valence-electron chi connectivity index (χ3n) is 4.84. The third kappa shape index (κ3) is 3.88. The average molecular weight is 408 g/mol. The van der Waals surface area contributed by atoms with Gasteiger partial charge in [-0.1, -0.05) is 23.5 Å². The Balaban J connectivity index is 1.70. The van der Waals surface area contributed by atoms with E-state index in [0.29, 0.717) is 10.8 Å². The molecule has 3 amide bonds. The number of hydrogen-bond donors (Lipinski definition) is 0. The number of carbonyl (C=O) groups is 3. The van der Waals surface area contributed by atoms with Crippen LogP contribution in [-0.2, 0) is 20.9 Å². The number of pyridine rings is 1. The third-order valence-corrected chi connectivity index (χ3v) is 6.06. The lowest BCUT2D eigenvalue weighted by molar-refractivity contribution is -0.141. The summed E-state index contributed by atoms with van der Waals surface area (Å²) in [5.41, 5.74) is 3.73. The van der Waals surface area contributed by atoms with E-state index in [-0.39, 0.29) is 43.7 Å². The number of fused-ring (bicyclic) bond motifs is 1. The van der Waals surface area contributed by atoms with Gasteiger partial charge in [-0.25, -0.2) is 4.98 Å². The summed E-state index contributed by atoms with van der Waals surface area (Å²) < 4.78 is 1.01. The maximum absolute atomic E-state index is 13.1. The van der Waals surface area contributed by atoms with Crippen LogP contribution in [0.15, 0.2) is 36.5 Å². The van der Waals surface area contributed by atoms with Crippen LogP contribution in [0.5, 0.6) is 0 Å². The molecule has 1 fully saturated rings. The number of carbonyl (C=O) groups excluding carboxylic acids is 3. The van der Waals surface area contributed by atoms with Crippen LogP contribution in [0.4, 0.5) is 5.13 Å². The van der Waals surface area contributed by atoms with Gasteiger partial charge in [-0.15, -0.1) is 0 Å². The van der Waals surface area contributed by atoms with Gasteiger partial charge in [-0.3, -0.25) is 29.2 Å². The molecule has 0 unspecified atom stereocenters. The van der Waals surface area contributed by atoms with E-state index in [1.54, 1.807) is 12.3 Å². The number of anilines is 1. The molecule has 1 saturated heterocycles. The molecular weight excluding hydrogens is 388 g/mol. The molecule has 2 aromatic heterocycles. The van der Waals surface area contributed by atoms with Crippen LogP contribution < -0.4 is 4.90 Å². The number of aromatic nitrogens is 2. The lowest BCUT2D eigenvalue weighted by atomic mass is 10.1. The van der Waals surface area contributed by atoms with Crippen LogP contribution in [0, 0.1) is 13.8 Å². The highest BCUT2D eigenvalue weighted by molar-refractivity contribution is 7.22. The van der Waals surface area contributed by atoms with E-state index in [4.69, 9.17) is 0 Å². The minimum atomic E-state index is -0.354. The fourth-order valence-electron chi connectivity index (χ4n) is 3.42. The van der Waals surface area contributed by atoms with Crippen molar-refractivity contribution in [3.05, 3.63) is 53.3 Å². The fourth-order valence-corrected chi connectivity index (χ4v) is 4.45. The summed E-state index contributed by atoms with van der Waals surface area (Å²) in [4.78, 5) is 48.6. The minimum Gasteiger partial charge on any atom is -0.280 e. The van der Waals surface area contributed by atoms with E-state index in [0.717, 1.165) is 26.2 Å². The van der Waals surface area contributed by atoms with Gasteiger partial charge in [0, 0.05) is 19.0 Å². The summed E-state index contributed by atoms with van der Waals surface area (Å²) in [7, 11) is 0. The quantitative estimate of drug-likeness (QED) is 0.606. The molecule has 148 valence electrons. The number of likely N-dealkylation sites (tertiary alicyclic amines) is 1. The standard InChI is InChI=1S/C21H20N4O3S/c1-13-9-14(2)20-16(10-13)23-21(29-20)25(11-15-5-3-4-8-22-15)19(28)12-24-17(26)6-7-18(24)27/h3-5,8-10H,6-7,11-12H2,1-2H3. The fraction of sp³-hybridized carbons (Fsp3) is 0.286. The minimum absolute atomic E-state index is 0.159. The van der Waals surface area contributed by atoms with Crippen molar-refractivity contribution in [2.24, 2.45) is 0 Å². The highest BCUT2D eigenvalue weighted by Gasteiger charge is 2.33.